The largest absolute Gasteiger partial charge is 0.398 e. The molecule has 1 aromatic carbocycles. The van der Waals surface area contributed by atoms with Gasteiger partial charge in [0.2, 0.25) is 0 Å². The van der Waals surface area contributed by atoms with Gasteiger partial charge < -0.3 is 5.73 Å². The quantitative estimate of drug-likeness (QED) is 0.485. The van der Waals surface area contributed by atoms with Gasteiger partial charge >= 0.3 is 0 Å². The molecule has 0 aliphatic heterocycles. The van der Waals surface area contributed by atoms with Crippen molar-refractivity contribution >= 4 is 45.0 Å². The van der Waals surface area contributed by atoms with E-state index in [9.17, 15) is 4.79 Å². The summed E-state index contributed by atoms with van der Waals surface area (Å²) >= 11 is 7.28. The molecular weight excluding hydrogens is 218 g/mol. The maximum Gasteiger partial charge on any atom is 0.153 e. The summed E-state index contributed by atoms with van der Waals surface area (Å²) in [7, 11) is 0. The molecule has 0 atom stereocenters. The van der Waals surface area contributed by atoms with Crippen LogP contribution in [-0.4, -0.2) is 6.29 Å². The molecule has 0 saturated carbocycles. The van der Waals surface area contributed by atoms with Crippen LogP contribution in [0.25, 0.3) is 10.1 Å². The fourth-order valence-electron chi connectivity index (χ4n) is 1.41. The van der Waals surface area contributed by atoms with E-state index >= 15 is 0 Å². The van der Waals surface area contributed by atoms with Gasteiger partial charge in [-0.15, -0.1) is 22.9 Å². The third kappa shape index (κ3) is 1.29. The second-order valence-electron chi connectivity index (χ2n) is 2.96. The zero-order chi connectivity index (χ0) is 10.1. The molecule has 0 spiro atoms. The molecule has 1 aromatic heterocycles. The van der Waals surface area contributed by atoms with E-state index in [1.54, 1.807) is 6.07 Å². The highest BCUT2D eigenvalue weighted by molar-refractivity contribution is 7.17. The Hall–Kier alpha value is -1.06. The Balaban J connectivity index is 2.83. The van der Waals surface area contributed by atoms with Crippen LogP contribution in [-0.2, 0) is 5.88 Å². The highest BCUT2D eigenvalue weighted by Gasteiger charge is 2.09. The van der Waals surface area contributed by atoms with Gasteiger partial charge in [-0.05, 0) is 22.4 Å². The lowest BCUT2D eigenvalue weighted by molar-refractivity contribution is 0.112. The molecule has 0 saturated heterocycles. The van der Waals surface area contributed by atoms with Crippen molar-refractivity contribution in [3.05, 3.63) is 28.6 Å². The van der Waals surface area contributed by atoms with Crippen molar-refractivity contribution in [2.24, 2.45) is 0 Å². The monoisotopic (exact) mass is 225 g/mol. The van der Waals surface area contributed by atoms with Gasteiger partial charge in [-0.1, -0.05) is 6.07 Å². The molecule has 0 aliphatic rings. The van der Waals surface area contributed by atoms with Gasteiger partial charge in [0.25, 0.3) is 0 Å². The van der Waals surface area contributed by atoms with E-state index in [0.717, 1.165) is 21.9 Å². The van der Waals surface area contributed by atoms with E-state index in [-0.39, 0.29) is 0 Å². The predicted octanol–water partition coefficient (Wildman–Crippen LogP) is 3.03. The number of alkyl halides is 1. The van der Waals surface area contributed by atoms with Crippen molar-refractivity contribution in [1.29, 1.82) is 0 Å². The van der Waals surface area contributed by atoms with Crippen LogP contribution < -0.4 is 5.73 Å². The van der Waals surface area contributed by atoms with Gasteiger partial charge in [0, 0.05) is 16.3 Å². The van der Waals surface area contributed by atoms with Crippen LogP contribution in [0.4, 0.5) is 5.69 Å². The standard InChI is InChI=1S/C10H8ClNOS/c11-3-6-5-14-10-7(6)1-2-9(12)8(10)4-13/h1-2,4-5H,3,12H2. The number of aldehydes is 1. The summed E-state index contributed by atoms with van der Waals surface area (Å²) in [5.74, 6) is 0.461. The summed E-state index contributed by atoms with van der Waals surface area (Å²) in [6.07, 6.45) is 0.798. The molecular formula is C10H8ClNOS. The average Bonchev–Trinajstić information content (AvgIpc) is 2.60. The molecule has 0 bridgehead atoms. The molecule has 0 amide bonds. The summed E-state index contributed by atoms with van der Waals surface area (Å²) in [4.78, 5) is 10.8. The first-order valence-electron chi connectivity index (χ1n) is 4.07. The van der Waals surface area contributed by atoms with Crippen molar-refractivity contribution in [2.75, 3.05) is 5.73 Å². The Labute approximate surface area is 90.3 Å². The summed E-state index contributed by atoms with van der Waals surface area (Å²) in [5, 5.41) is 2.99. The van der Waals surface area contributed by atoms with Crippen LogP contribution >= 0.6 is 22.9 Å². The topological polar surface area (TPSA) is 43.1 Å². The van der Waals surface area contributed by atoms with E-state index in [0.29, 0.717) is 17.1 Å². The number of nitrogen functional groups attached to an aromatic ring is 1. The maximum atomic E-state index is 10.8. The summed E-state index contributed by atoms with van der Waals surface area (Å²) in [6.45, 7) is 0. The second kappa shape index (κ2) is 3.59. The van der Waals surface area contributed by atoms with Crippen LogP contribution in [0.15, 0.2) is 17.5 Å². The fraction of sp³-hybridized carbons (Fsp3) is 0.100. The molecule has 14 heavy (non-hydrogen) atoms. The number of nitrogens with two attached hydrogens (primary N) is 1. The molecule has 0 fully saturated rings. The Bertz CT molecular complexity index is 492. The van der Waals surface area contributed by atoms with E-state index in [2.05, 4.69) is 0 Å². The zero-order valence-corrected chi connectivity index (χ0v) is 8.86. The fourth-order valence-corrected chi connectivity index (χ4v) is 2.82. The average molecular weight is 226 g/mol. The minimum absolute atomic E-state index is 0.461. The first kappa shape index (κ1) is 9.49. The summed E-state index contributed by atoms with van der Waals surface area (Å²) < 4.78 is 0.927. The van der Waals surface area contributed by atoms with Crippen molar-refractivity contribution in [3.8, 4) is 0 Å². The number of anilines is 1. The molecule has 1 heterocycles. The zero-order valence-electron chi connectivity index (χ0n) is 7.29. The van der Waals surface area contributed by atoms with Gasteiger partial charge in [-0.25, -0.2) is 0 Å². The van der Waals surface area contributed by atoms with Crippen LogP contribution in [0.3, 0.4) is 0 Å². The minimum atomic E-state index is 0.461. The van der Waals surface area contributed by atoms with Crippen LogP contribution in [0.1, 0.15) is 15.9 Å². The normalized spacial score (nSPS) is 10.6. The Morgan fingerprint density at radius 3 is 2.93 bits per heavy atom. The first-order valence-corrected chi connectivity index (χ1v) is 5.49. The third-order valence-corrected chi connectivity index (χ3v) is 3.52. The van der Waals surface area contributed by atoms with Crippen LogP contribution in [0.2, 0.25) is 0 Å². The number of rotatable bonds is 2. The predicted molar refractivity (Wildman–Crippen MR) is 61.2 cm³/mol. The van der Waals surface area contributed by atoms with Gasteiger partial charge in [0.05, 0.1) is 5.56 Å². The van der Waals surface area contributed by atoms with Gasteiger partial charge in [0.1, 0.15) is 0 Å². The number of carbonyl (C=O) groups excluding carboxylic acids is 1. The van der Waals surface area contributed by atoms with Crippen molar-refractivity contribution in [2.45, 2.75) is 5.88 Å². The highest BCUT2D eigenvalue weighted by atomic mass is 35.5. The maximum absolute atomic E-state index is 10.8. The highest BCUT2D eigenvalue weighted by Crippen LogP contribution is 2.32. The molecule has 2 aromatic rings. The Morgan fingerprint density at radius 1 is 1.50 bits per heavy atom. The molecule has 4 heteroatoms. The van der Waals surface area contributed by atoms with Crippen molar-refractivity contribution in [1.82, 2.24) is 0 Å². The van der Waals surface area contributed by atoms with Gasteiger partial charge in [-0.3, -0.25) is 4.79 Å². The molecule has 2 N–H and O–H groups in total. The number of hydrogen-bond donors (Lipinski definition) is 1. The van der Waals surface area contributed by atoms with Crippen molar-refractivity contribution < 1.29 is 4.79 Å². The molecule has 2 nitrogen and oxygen atoms in total. The third-order valence-electron chi connectivity index (χ3n) is 2.16. The Kier molecular flexibility index (Phi) is 2.44. The van der Waals surface area contributed by atoms with E-state index in [1.807, 2.05) is 11.4 Å². The number of benzene rings is 1. The SMILES string of the molecule is Nc1ccc2c(CCl)csc2c1C=O. The lowest BCUT2D eigenvalue weighted by Crippen LogP contribution is -1.92. The molecule has 0 aliphatic carbocycles. The molecule has 0 radical (unpaired) electrons. The van der Waals surface area contributed by atoms with Gasteiger partial charge in [-0.2, -0.15) is 0 Å². The minimum Gasteiger partial charge on any atom is -0.398 e. The van der Waals surface area contributed by atoms with Crippen LogP contribution in [0.5, 0.6) is 0 Å². The van der Waals surface area contributed by atoms with E-state index in [4.69, 9.17) is 17.3 Å². The van der Waals surface area contributed by atoms with E-state index in [1.165, 1.54) is 11.3 Å². The number of hydrogen-bond acceptors (Lipinski definition) is 3. The number of carbonyl (C=O) groups is 1. The smallest absolute Gasteiger partial charge is 0.153 e. The lowest BCUT2D eigenvalue weighted by Gasteiger charge is -2.00. The van der Waals surface area contributed by atoms with Gasteiger partial charge in [0.15, 0.2) is 6.29 Å². The second-order valence-corrected chi connectivity index (χ2v) is 4.10. The number of fused-ring (bicyclic) bond motifs is 1. The Morgan fingerprint density at radius 2 is 2.29 bits per heavy atom. The molecule has 72 valence electrons. The van der Waals surface area contributed by atoms with E-state index < -0.39 is 0 Å². The summed E-state index contributed by atoms with van der Waals surface area (Å²) in [5.41, 5.74) is 7.84. The summed E-state index contributed by atoms with van der Waals surface area (Å²) in [6, 6.07) is 3.65. The number of thiophene rings is 1. The molecule has 2 rings (SSSR count). The number of halogens is 1. The molecule has 0 unspecified atom stereocenters. The lowest BCUT2D eigenvalue weighted by atomic mass is 10.1. The van der Waals surface area contributed by atoms with Crippen molar-refractivity contribution in [3.63, 3.8) is 0 Å². The first-order chi connectivity index (χ1) is 6.77. The van der Waals surface area contributed by atoms with Crippen LogP contribution in [0, 0.1) is 0 Å².